The number of amides is 2. The third-order valence-electron chi connectivity index (χ3n) is 5.78. The quantitative estimate of drug-likeness (QED) is 0.293. The number of hydrogen-bond acceptors (Lipinski definition) is 8. The largest absolute Gasteiger partial charge is 0.357 e. The number of benzene rings is 1. The minimum atomic E-state index is -0.837. The molecule has 1 saturated heterocycles. The van der Waals surface area contributed by atoms with Crippen molar-refractivity contribution in [2.75, 3.05) is 31.2 Å². The number of nitrogens with two attached hydrogens (primary N) is 1. The van der Waals surface area contributed by atoms with Gasteiger partial charge in [-0.2, -0.15) is 0 Å². The second-order valence-corrected chi connectivity index (χ2v) is 7.84. The SMILES string of the molecule is NN1C=CN(c2ncc(F)c3c(C(=O)C(=O)N4CCN(C(=O)c5ccccc5)CC4)c[nH]c23)N1. The number of nitrogens with one attached hydrogen (secondary N) is 2. The van der Waals surface area contributed by atoms with Gasteiger partial charge in [0.05, 0.1) is 28.9 Å². The minimum Gasteiger partial charge on any atom is -0.357 e. The summed E-state index contributed by atoms with van der Waals surface area (Å²) in [5, 5.41) is 2.58. The van der Waals surface area contributed by atoms with Crippen LogP contribution in [0.5, 0.6) is 0 Å². The summed E-state index contributed by atoms with van der Waals surface area (Å²) in [4.78, 5) is 48.5. The molecule has 0 aliphatic carbocycles. The van der Waals surface area contributed by atoms with Gasteiger partial charge in [0.1, 0.15) is 0 Å². The molecule has 12 heteroatoms. The molecule has 1 fully saturated rings. The van der Waals surface area contributed by atoms with E-state index < -0.39 is 17.5 Å². The van der Waals surface area contributed by atoms with E-state index in [-0.39, 0.29) is 41.3 Å². The van der Waals surface area contributed by atoms with Crippen molar-refractivity contribution >= 4 is 34.3 Å². The van der Waals surface area contributed by atoms with Crippen molar-refractivity contribution in [3.05, 3.63) is 72.1 Å². The lowest BCUT2D eigenvalue weighted by molar-refractivity contribution is -0.127. The fourth-order valence-corrected chi connectivity index (χ4v) is 4.04. The maximum Gasteiger partial charge on any atom is 0.295 e. The van der Waals surface area contributed by atoms with Gasteiger partial charge in [0.15, 0.2) is 11.6 Å². The van der Waals surface area contributed by atoms with E-state index in [4.69, 9.17) is 5.84 Å². The lowest BCUT2D eigenvalue weighted by Gasteiger charge is -2.34. The molecule has 11 nitrogen and oxygen atoms in total. The maximum atomic E-state index is 14.7. The van der Waals surface area contributed by atoms with E-state index in [1.165, 1.54) is 27.4 Å². The predicted molar refractivity (Wildman–Crippen MR) is 120 cm³/mol. The van der Waals surface area contributed by atoms with Crippen molar-refractivity contribution in [2.24, 2.45) is 5.84 Å². The smallest absolute Gasteiger partial charge is 0.295 e. The lowest BCUT2D eigenvalue weighted by Crippen LogP contribution is -2.52. The first-order valence-electron chi connectivity index (χ1n) is 10.6. The van der Waals surface area contributed by atoms with Gasteiger partial charge in [0.2, 0.25) is 0 Å². The highest BCUT2D eigenvalue weighted by molar-refractivity contribution is 6.45. The number of fused-ring (bicyclic) bond motifs is 1. The molecule has 3 aromatic rings. The number of carbonyl (C=O) groups excluding carboxylic acids is 3. The highest BCUT2D eigenvalue weighted by atomic mass is 19.1. The van der Waals surface area contributed by atoms with Crippen LogP contribution in [0, 0.1) is 5.82 Å². The molecule has 0 saturated carbocycles. The standard InChI is InChI=1S/C22H21FN8O3/c23-16-13-26-20(30-10-11-31(24)27-30)18-17(16)15(12-25-18)19(32)22(34)29-8-6-28(7-9-29)21(33)14-4-2-1-3-5-14/h1-5,10-13,25,27H,6-9,24H2. The number of aromatic amines is 1. The topological polar surface area (TPSA) is 131 Å². The summed E-state index contributed by atoms with van der Waals surface area (Å²) in [6.07, 6.45) is 5.38. The fourth-order valence-electron chi connectivity index (χ4n) is 4.04. The zero-order chi connectivity index (χ0) is 23.8. The summed E-state index contributed by atoms with van der Waals surface area (Å²) in [6, 6.07) is 8.87. The van der Waals surface area contributed by atoms with Crippen LogP contribution in [0.4, 0.5) is 10.2 Å². The molecule has 0 bridgehead atoms. The molecule has 0 unspecified atom stereocenters. The first kappa shape index (κ1) is 21.6. The Labute approximate surface area is 193 Å². The maximum absolute atomic E-state index is 14.7. The third kappa shape index (κ3) is 3.74. The first-order valence-corrected chi connectivity index (χ1v) is 10.6. The number of hydrazine groups is 3. The van der Waals surface area contributed by atoms with E-state index in [0.29, 0.717) is 18.7 Å². The average Bonchev–Trinajstić information content (AvgIpc) is 3.51. The molecule has 5 rings (SSSR count). The van der Waals surface area contributed by atoms with Gasteiger partial charge >= 0.3 is 0 Å². The second-order valence-electron chi connectivity index (χ2n) is 7.84. The molecule has 0 atom stereocenters. The van der Waals surface area contributed by atoms with Crippen LogP contribution in [0.1, 0.15) is 20.7 Å². The molecule has 1 aromatic carbocycles. The van der Waals surface area contributed by atoms with Crippen LogP contribution in [0.2, 0.25) is 0 Å². The normalized spacial score (nSPS) is 15.9. The van der Waals surface area contributed by atoms with Crippen molar-refractivity contribution in [1.82, 2.24) is 30.4 Å². The van der Waals surface area contributed by atoms with E-state index in [9.17, 15) is 18.8 Å². The van der Waals surface area contributed by atoms with Crippen LogP contribution < -0.4 is 16.4 Å². The van der Waals surface area contributed by atoms with Gasteiger partial charge < -0.3 is 14.8 Å². The summed E-state index contributed by atoms with van der Waals surface area (Å²) in [6.45, 7) is 1.00. The molecule has 4 heterocycles. The van der Waals surface area contributed by atoms with Gasteiger partial charge in [-0.25, -0.2) is 25.3 Å². The van der Waals surface area contributed by atoms with Gasteiger partial charge in [-0.05, 0) is 12.1 Å². The van der Waals surface area contributed by atoms with Crippen LogP contribution in [0.25, 0.3) is 10.9 Å². The van der Waals surface area contributed by atoms with E-state index >= 15 is 0 Å². The average molecular weight is 464 g/mol. The monoisotopic (exact) mass is 464 g/mol. The van der Waals surface area contributed by atoms with Crippen LogP contribution >= 0.6 is 0 Å². The highest BCUT2D eigenvalue weighted by Gasteiger charge is 2.31. The molecule has 0 radical (unpaired) electrons. The number of anilines is 1. The number of aromatic nitrogens is 2. The minimum absolute atomic E-state index is 0.0353. The molecular formula is C22H21FN8O3. The number of hydrogen-bond donors (Lipinski definition) is 3. The van der Waals surface area contributed by atoms with Gasteiger partial charge in [-0.1, -0.05) is 18.2 Å². The molecule has 2 aliphatic heterocycles. The third-order valence-corrected chi connectivity index (χ3v) is 5.78. The van der Waals surface area contributed by atoms with Gasteiger partial charge in [0, 0.05) is 44.1 Å². The van der Waals surface area contributed by atoms with E-state index in [0.717, 1.165) is 6.20 Å². The number of Topliss-reactive ketones (excluding diaryl/α,β-unsaturated/α-hetero) is 1. The summed E-state index contributed by atoms with van der Waals surface area (Å²) in [5.74, 6) is 3.45. The van der Waals surface area contributed by atoms with Crippen LogP contribution in [0.15, 0.2) is 55.1 Å². The Morgan fingerprint density at radius 2 is 1.71 bits per heavy atom. The van der Waals surface area contributed by atoms with Gasteiger partial charge in [-0.3, -0.25) is 14.4 Å². The highest BCUT2D eigenvalue weighted by Crippen LogP contribution is 2.29. The molecule has 174 valence electrons. The van der Waals surface area contributed by atoms with Crippen LogP contribution in [0.3, 0.4) is 0 Å². The number of nitrogens with zero attached hydrogens (tertiary/aromatic N) is 5. The van der Waals surface area contributed by atoms with Gasteiger partial charge in [-0.15, -0.1) is 5.53 Å². The Balaban J connectivity index is 1.32. The number of ketones is 1. The molecule has 2 aliphatic rings. The van der Waals surface area contributed by atoms with Crippen molar-refractivity contribution in [3.8, 4) is 0 Å². The molecule has 34 heavy (non-hydrogen) atoms. The Hall–Kier alpha value is -4.29. The Kier molecular flexibility index (Phi) is 5.43. The zero-order valence-electron chi connectivity index (χ0n) is 17.9. The van der Waals surface area contributed by atoms with E-state index in [1.807, 2.05) is 6.07 Å². The lowest BCUT2D eigenvalue weighted by atomic mass is 10.1. The van der Waals surface area contributed by atoms with E-state index in [2.05, 4.69) is 15.5 Å². The second kappa shape index (κ2) is 8.57. The summed E-state index contributed by atoms with van der Waals surface area (Å²) >= 11 is 0. The zero-order valence-corrected chi connectivity index (χ0v) is 17.9. The Morgan fingerprint density at radius 1 is 1.00 bits per heavy atom. The summed E-state index contributed by atoms with van der Waals surface area (Å²) < 4.78 is 14.7. The van der Waals surface area contributed by atoms with Crippen molar-refractivity contribution in [1.29, 1.82) is 0 Å². The predicted octanol–water partition coefficient (Wildman–Crippen LogP) is 0.756. The van der Waals surface area contributed by atoms with Crippen LogP contribution in [-0.2, 0) is 4.79 Å². The van der Waals surface area contributed by atoms with Crippen LogP contribution in [-0.4, -0.2) is 68.7 Å². The Morgan fingerprint density at radius 3 is 2.38 bits per heavy atom. The Bertz CT molecular complexity index is 1300. The van der Waals surface area contributed by atoms with Crippen molar-refractivity contribution in [3.63, 3.8) is 0 Å². The van der Waals surface area contributed by atoms with E-state index in [1.54, 1.807) is 35.4 Å². The number of halogens is 1. The number of piperazine rings is 1. The first-order chi connectivity index (χ1) is 16.4. The molecular weight excluding hydrogens is 443 g/mol. The van der Waals surface area contributed by atoms with Gasteiger partial charge in [0.25, 0.3) is 17.6 Å². The molecule has 4 N–H and O–H groups in total. The number of rotatable bonds is 4. The fraction of sp³-hybridized carbons (Fsp3) is 0.182. The molecule has 0 spiro atoms. The van der Waals surface area contributed by atoms with Crippen molar-refractivity contribution < 1.29 is 18.8 Å². The molecule has 2 amide bonds. The number of pyridine rings is 1. The number of carbonyl (C=O) groups is 3. The molecule has 2 aromatic heterocycles. The van der Waals surface area contributed by atoms with Crippen molar-refractivity contribution in [2.45, 2.75) is 0 Å². The number of H-pyrrole nitrogens is 1. The summed E-state index contributed by atoms with van der Waals surface area (Å²) in [7, 11) is 0. The summed E-state index contributed by atoms with van der Waals surface area (Å²) in [5.41, 5.74) is 3.47.